The van der Waals surface area contributed by atoms with E-state index in [1.807, 2.05) is 13.0 Å². The number of H-pyrrole nitrogens is 1. The Balaban J connectivity index is 1.56. The lowest BCUT2D eigenvalue weighted by Gasteiger charge is -2.34. The van der Waals surface area contributed by atoms with E-state index in [1.54, 1.807) is 21.9 Å². The van der Waals surface area contributed by atoms with Gasteiger partial charge >= 0.3 is 10.9 Å². The Kier molecular flexibility index (Phi) is 5.10. The fourth-order valence-corrected chi connectivity index (χ4v) is 3.28. The topological polar surface area (TPSA) is 85.5 Å². The molecule has 0 saturated carbocycles. The van der Waals surface area contributed by atoms with Crippen LogP contribution in [0.25, 0.3) is 0 Å². The second-order valence-corrected chi connectivity index (χ2v) is 6.98. The molecule has 132 valence electrons. The Morgan fingerprint density at radius 1 is 1.20 bits per heavy atom. The van der Waals surface area contributed by atoms with Gasteiger partial charge in [-0.2, -0.15) is 0 Å². The normalized spacial score (nSPS) is 14.5. The van der Waals surface area contributed by atoms with Gasteiger partial charge in [-0.1, -0.05) is 29.0 Å². The number of urea groups is 1. The maximum atomic E-state index is 12.3. The summed E-state index contributed by atoms with van der Waals surface area (Å²) < 4.78 is 0. The van der Waals surface area contributed by atoms with Gasteiger partial charge in [-0.15, -0.1) is 0 Å². The van der Waals surface area contributed by atoms with Crippen molar-refractivity contribution in [2.24, 2.45) is 0 Å². The van der Waals surface area contributed by atoms with Crippen LogP contribution in [0.2, 0.25) is 5.02 Å². The zero-order chi connectivity index (χ0) is 18.0. The van der Waals surface area contributed by atoms with Gasteiger partial charge in [0.05, 0.1) is 0 Å². The lowest BCUT2D eigenvalue weighted by Crippen LogP contribution is -2.51. The van der Waals surface area contributed by atoms with Crippen LogP contribution in [0.3, 0.4) is 0 Å². The van der Waals surface area contributed by atoms with Crippen LogP contribution in [-0.2, 0) is 0 Å². The standard InChI is InChI=1S/C16H17ClN4O3S/c1-10-2-3-11(8-12(10)17)18-15(23)21-6-4-20(5-7-21)14(22)13-9-25-16(24)19-13/h2-3,8-9H,4-7H2,1H3,(H,18,23)(H,19,24). The molecule has 0 bridgehead atoms. The number of rotatable bonds is 2. The van der Waals surface area contributed by atoms with Crippen LogP contribution < -0.4 is 10.2 Å². The number of carbonyl (C=O) groups is 2. The first-order chi connectivity index (χ1) is 11.9. The summed E-state index contributed by atoms with van der Waals surface area (Å²) in [6.07, 6.45) is 0. The third-order valence-electron chi connectivity index (χ3n) is 4.03. The van der Waals surface area contributed by atoms with Crippen molar-refractivity contribution in [3.63, 3.8) is 0 Å². The second-order valence-electron chi connectivity index (χ2n) is 5.74. The number of benzene rings is 1. The first-order valence-corrected chi connectivity index (χ1v) is 8.99. The number of anilines is 1. The quantitative estimate of drug-likeness (QED) is 0.838. The fraction of sp³-hybridized carbons (Fsp3) is 0.312. The van der Waals surface area contributed by atoms with E-state index >= 15 is 0 Å². The summed E-state index contributed by atoms with van der Waals surface area (Å²) in [6, 6.07) is 5.12. The Bertz CT molecular complexity index is 855. The molecular weight excluding hydrogens is 364 g/mol. The van der Waals surface area contributed by atoms with Crippen LogP contribution in [-0.4, -0.2) is 52.9 Å². The predicted octanol–water partition coefficient (Wildman–Crippen LogP) is 2.39. The zero-order valence-corrected chi connectivity index (χ0v) is 15.1. The third-order valence-corrected chi connectivity index (χ3v) is 5.11. The summed E-state index contributed by atoms with van der Waals surface area (Å²) in [6.45, 7) is 3.57. The van der Waals surface area contributed by atoms with Crippen molar-refractivity contribution in [2.45, 2.75) is 6.92 Å². The number of carbonyl (C=O) groups excluding carboxylic acids is 2. The lowest BCUT2D eigenvalue weighted by molar-refractivity contribution is 0.0666. The molecule has 2 aromatic rings. The highest BCUT2D eigenvalue weighted by Gasteiger charge is 2.25. The minimum atomic E-state index is -0.252. The number of aromatic amines is 1. The van der Waals surface area contributed by atoms with E-state index in [-0.39, 0.29) is 16.8 Å². The summed E-state index contributed by atoms with van der Waals surface area (Å²) in [5.41, 5.74) is 1.87. The number of aromatic nitrogens is 1. The number of thiazole rings is 1. The van der Waals surface area contributed by atoms with Crippen LogP contribution in [0.4, 0.5) is 10.5 Å². The van der Waals surface area contributed by atoms with E-state index in [4.69, 9.17) is 11.6 Å². The summed E-state index contributed by atoms with van der Waals surface area (Å²) >= 11 is 7.03. The number of amides is 3. The molecule has 1 saturated heterocycles. The smallest absolute Gasteiger partial charge is 0.321 e. The van der Waals surface area contributed by atoms with Crippen LogP contribution in [0.15, 0.2) is 28.4 Å². The van der Waals surface area contributed by atoms with Crippen molar-refractivity contribution < 1.29 is 9.59 Å². The van der Waals surface area contributed by atoms with Crippen molar-refractivity contribution >= 4 is 40.6 Å². The highest BCUT2D eigenvalue weighted by atomic mass is 35.5. The molecule has 0 atom stereocenters. The van der Waals surface area contributed by atoms with Gasteiger partial charge < -0.3 is 20.1 Å². The minimum absolute atomic E-state index is 0.219. The molecule has 0 unspecified atom stereocenters. The summed E-state index contributed by atoms with van der Waals surface area (Å²) in [7, 11) is 0. The molecule has 3 rings (SSSR count). The van der Waals surface area contributed by atoms with Crippen molar-refractivity contribution in [3.8, 4) is 0 Å². The molecule has 1 aliphatic rings. The molecule has 3 amide bonds. The van der Waals surface area contributed by atoms with Crippen LogP contribution in [0.1, 0.15) is 16.1 Å². The van der Waals surface area contributed by atoms with E-state index in [0.717, 1.165) is 16.9 Å². The number of halogens is 1. The van der Waals surface area contributed by atoms with Crippen molar-refractivity contribution in [1.82, 2.24) is 14.8 Å². The predicted molar refractivity (Wildman–Crippen MR) is 97.6 cm³/mol. The van der Waals surface area contributed by atoms with Gasteiger partial charge in [0.2, 0.25) is 0 Å². The van der Waals surface area contributed by atoms with Gasteiger partial charge in [0.15, 0.2) is 0 Å². The van der Waals surface area contributed by atoms with Gasteiger partial charge in [-0.3, -0.25) is 9.59 Å². The Morgan fingerprint density at radius 3 is 2.48 bits per heavy atom. The molecular formula is C16H17ClN4O3S. The van der Waals surface area contributed by atoms with Gasteiger partial charge in [-0.25, -0.2) is 4.79 Å². The van der Waals surface area contributed by atoms with E-state index in [1.165, 1.54) is 5.38 Å². The first kappa shape index (κ1) is 17.5. The van der Waals surface area contributed by atoms with E-state index in [2.05, 4.69) is 10.3 Å². The number of nitrogens with zero attached hydrogens (tertiary/aromatic N) is 2. The molecule has 9 heteroatoms. The molecule has 2 N–H and O–H groups in total. The average molecular weight is 381 g/mol. The number of hydrogen-bond acceptors (Lipinski definition) is 4. The molecule has 1 aromatic heterocycles. The van der Waals surface area contributed by atoms with Crippen LogP contribution >= 0.6 is 22.9 Å². The third kappa shape index (κ3) is 4.02. The molecule has 1 aromatic carbocycles. The summed E-state index contributed by atoms with van der Waals surface area (Å²) in [4.78, 5) is 41.3. The average Bonchev–Trinajstić information content (AvgIpc) is 3.04. The van der Waals surface area contributed by atoms with Gasteiger partial charge in [0.1, 0.15) is 5.69 Å². The van der Waals surface area contributed by atoms with E-state index in [0.29, 0.717) is 42.6 Å². The molecule has 0 radical (unpaired) electrons. The number of aryl methyl sites for hydroxylation is 1. The first-order valence-electron chi connectivity index (χ1n) is 7.73. The maximum absolute atomic E-state index is 12.3. The van der Waals surface area contributed by atoms with Gasteiger partial charge in [0, 0.05) is 42.3 Å². The van der Waals surface area contributed by atoms with Gasteiger partial charge in [0.25, 0.3) is 5.91 Å². The van der Waals surface area contributed by atoms with Crippen LogP contribution in [0, 0.1) is 6.92 Å². The number of piperazine rings is 1. The Morgan fingerprint density at radius 2 is 1.88 bits per heavy atom. The molecule has 2 heterocycles. The van der Waals surface area contributed by atoms with Gasteiger partial charge in [-0.05, 0) is 24.6 Å². The van der Waals surface area contributed by atoms with Crippen molar-refractivity contribution in [1.29, 1.82) is 0 Å². The van der Waals surface area contributed by atoms with E-state index in [9.17, 15) is 14.4 Å². The lowest BCUT2D eigenvalue weighted by atomic mass is 10.2. The van der Waals surface area contributed by atoms with Crippen molar-refractivity contribution in [3.05, 3.63) is 49.5 Å². The monoisotopic (exact) mass is 380 g/mol. The zero-order valence-electron chi connectivity index (χ0n) is 13.5. The maximum Gasteiger partial charge on any atom is 0.321 e. The summed E-state index contributed by atoms with van der Waals surface area (Å²) in [5, 5.41) is 4.93. The Labute approximate surface area is 153 Å². The number of nitrogens with one attached hydrogen (secondary N) is 2. The highest BCUT2D eigenvalue weighted by molar-refractivity contribution is 7.07. The molecule has 1 aliphatic heterocycles. The van der Waals surface area contributed by atoms with E-state index < -0.39 is 0 Å². The number of hydrogen-bond donors (Lipinski definition) is 2. The molecule has 7 nitrogen and oxygen atoms in total. The SMILES string of the molecule is Cc1ccc(NC(=O)N2CCN(C(=O)c3csc(=O)[nH]3)CC2)cc1Cl. The molecule has 25 heavy (non-hydrogen) atoms. The van der Waals surface area contributed by atoms with Crippen molar-refractivity contribution in [2.75, 3.05) is 31.5 Å². The largest absolute Gasteiger partial charge is 0.334 e. The molecule has 0 spiro atoms. The Hall–Kier alpha value is -2.32. The minimum Gasteiger partial charge on any atom is -0.334 e. The molecule has 0 aliphatic carbocycles. The molecule has 1 fully saturated rings. The fourth-order valence-electron chi connectivity index (χ4n) is 2.54. The second kappa shape index (κ2) is 7.28. The highest BCUT2D eigenvalue weighted by Crippen LogP contribution is 2.20. The summed E-state index contributed by atoms with van der Waals surface area (Å²) in [5.74, 6) is -0.219. The van der Waals surface area contributed by atoms with Crippen LogP contribution in [0.5, 0.6) is 0 Å².